The topological polar surface area (TPSA) is 69.1 Å². The van der Waals surface area contributed by atoms with Crippen molar-refractivity contribution in [2.45, 2.75) is 0 Å². The van der Waals surface area contributed by atoms with Gasteiger partial charge in [0.2, 0.25) is 0 Å². The molecule has 2 aromatic carbocycles. The normalized spacial score (nSPS) is 11.1. The summed E-state index contributed by atoms with van der Waals surface area (Å²) < 4.78 is 26.6. The largest absolute Gasteiger partial charge is 0.507 e. The van der Waals surface area contributed by atoms with Gasteiger partial charge in [0.1, 0.15) is 28.4 Å². The average Bonchev–Trinajstić information content (AvgIpc) is 2.78. The van der Waals surface area contributed by atoms with Crippen molar-refractivity contribution < 1.29 is 19.0 Å². The molecule has 19 heavy (non-hydrogen) atoms. The van der Waals surface area contributed by atoms with Crippen LogP contribution >= 0.6 is 0 Å². The number of phenols is 2. The highest BCUT2D eigenvalue weighted by molar-refractivity contribution is 5.82. The van der Waals surface area contributed by atoms with E-state index in [1.54, 1.807) is 0 Å². The first kappa shape index (κ1) is 11.5. The van der Waals surface area contributed by atoms with Gasteiger partial charge in [0.25, 0.3) is 0 Å². The molecule has 0 spiro atoms. The fourth-order valence-electron chi connectivity index (χ4n) is 1.91. The van der Waals surface area contributed by atoms with E-state index >= 15 is 0 Å². The molecule has 0 aliphatic rings. The maximum Gasteiger partial charge on any atom is 0.186 e. The fourth-order valence-corrected chi connectivity index (χ4v) is 1.91. The Labute approximate surface area is 106 Å². The van der Waals surface area contributed by atoms with Crippen LogP contribution in [0.2, 0.25) is 0 Å². The highest BCUT2D eigenvalue weighted by Gasteiger charge is 2.17. The van der Waals surface area contributed by atoms with Crippen LogP contribution < -0.4 is 0 Å². The first-order chi connectivity index (χ1) is 9.08. The second-order valence-electron chi connectivity index (χ2n) is 4.01. The molecule has 0 saturated heterocycles. The lowest BCUT2D eigenvalue weighted by Gasteiger charge is -2.02. The van der Waals surface area contributed by atoms with Gasteiger partial charge in [-0.2, -0.15) is 0 Å². The monoisotopic (exact) mass is 262 g/mol. The van der Waals surface area contributed by atoms with E-state index in [-0.39, 0.29) is 33.9 Å². The molecule has 0 atom stereocenters. The van der Waals surface area contributed by atoms with Crippen molar-refractivity contribution in [3.05, 3.63) is 42.0 Å². The molecule has 3 N–H and O–H groups in total. The Morgan fingerprint density at radius 1 is 1.00 bits per heavy atom. The van der Waals surface area contributed by atoms with E-state index in [1.165, 1.54) is 24.3 Å². The molecule has 4 nitrogen and oxygen atoms in total. The van der Waals surface area contributed by atoms with Gasteiger partial charge in [-0.1, -0.05) is 6.07 Å². The Balaban J connectivity index is 2.30. The first-order valence-corrected chi connectivity index (χ1v) is 5.43. The SMILES string of the molecule is Oc1cccc(O)c1-c1nc2c(F)c(F)ccc2[nH]1. The van der Waals surface area contributed by atoms with E-state index in [4.69, 9.17) is 0 Å². The van der Waals surface area contributed by atoms with Gasteiger partial charge >= 0.3 is 0 Å². The zero-order chi connectivity index (χ0) is 13.6. The second-order valence-corrected chi connectivity index (χ2v) is 4.01. The van der Waals surface area contributed by atoms with Gasteiger partial charge < -0.3 is 15.2 Å². The Morgan fingerprint density at radius 2 is 1.68 bits per heavy atom. The molecule has 1 aromatic heterocycles. The minimum Gasteiger partial charge on any atom is -0.507 e. The fraction of sp³-hybridized carbons (Fsp3) is 0. The van der Waals surface area contributed by atoms with Crippen LogP contribution in [0, 0.1) is 11.6 Å². The number of benzene rings is 2. The summed E-state index contributed by atoms with van der Waals surface area (Å²) >= 11 is 0. The number of aromatic amines is 1. The smallest absolute Gasteiger partial charge is 0.186 e. The van der Waals surface area contributed by atoms with Crippen LogP contribution in [0.3, 0.4) is 0 Å². The van der Waals surface area contributed by atoms with Gasteiger partial charge in [0, 0.05) is 0 Å². The van der Waals surface area contributed by atoms with Gasteiger partial charge in [-0.25, -0.2) is 13.8 Å². The van der Waals surface area contributed by atoms with Gasteiger partial charge in [0.15, 0.2) is 11.6 Å². The zero-order valence-electron chi connectivity index (χ0n) is 9.48. The lowest BCUT2D eigenvalue weighted by molar-refractivity contribution is 0.453. The van der Waals surface area contributed by atoms with Crippen molar-refractivity contribution in [2.24, 2.45) is 0 Å². The number of imidazole rings is 1. The number of rotatable bonds is 1. The minimum atomic E-state index is -1.07. The second kappa shape index (κ2) is 3.94. The number of aromatic nitrogens is 2. The van der Waals surface area contributed by atoms with Crippen LogP contribution in [0.15, 0.2) is 30.3 Å². The molecule has 1 heterocycles. The lowest BCUT2D eigenvalue weighted by Crippen LogP contribution is -1.85. The molecule has 96 valence electrons. The predicted molar refractivity (Wildman–Crippen MR) is 64.8 cm³/mol. The van der Waals surface area contributed by atoms with E-state index in [9.17, 15) is 19.0 Å². The summed E-state index contributed by atoms with van der Waals surface area (Å²) in [5.74, 6) is -2.43. The summed E-state index contributed by atoms with van der Waals surface area (Å²) in [5, 5.41) is 19.4. The number of nitrogens with zero attached hydrogens (tertiary/aromatic N) is 1. The third kappa shape index (κ3) is 1.69. The van der Waals surface area contributed by atoms with Crippen LogP contribution in [0.25, 0.3) is 22.4 Å². The van der Waals surface area contributed by atoms with Gasteiger partial charge in [-0.3, -0.25) is 0 Å². The summed E-state index contributed by atoms with van der Waals surface area (Å²) in [5.41, 5.74) is 0.132. The summed E-state index contributed by atoms with van der Waals surface area (Å²) in [7, 11) is 0. The summed E-state index contributed by atoms with van der Waals surface area (Å²) in [6, 6.07) is 6.49. The van der Waals surface area contributed by atoms with E-state index in [0.717, 1.165) is 6.07 Å². The van der Waals surface area contributed by atoms with E-state index in [1.807, 2.05) is 0 Å². The molecule has 0 bridgehead atoms. The quantitative estimate of drug-likeness (QED) is 0.631. The molecule has 0 aliphatic heterocycles. The molecule has 0 radical (unpaired) electrons. The molecule has 3 aromatic rings. The van der Waals surface area contributed by atoms with Gasteiger partial charge in [0.05, 0.1) is 5.52 Å². The Hall–Kier alpha value is -2.63. The minimum absolute atomic E-state index is 0.0403. The van der Waals surface area contributed by atoms with Gasteiger partial charge in [-0.05, 0) is 24.3 Å². The number of halogens is 2. The van der Waals surface area contributed by atoms with Crippen molar-refractivity contribution in [3.63, 3.8) is 0 Å². The Bertz CT molecular complexity index is 763. The van der Waals surface area contributed by atoms with E-state index < -0.39 is 11.6 Å². The van der Waals surface area contributed by atoms with Crippen molar-refractivity contribution in [1.29, 1.82) is 0 Å². The summed E-state index contributed by atoms with van der Waals surface area (Å²) in [6.07, 6.45) is 0. The van der Waals surface area contributed by atoms with E-state index in [0.29, 0.717) is 0 Å². The van der Waals surface area contributed by atoms with Crippen molar-refractivity contribution in [3.8, 4) is 22.9 Å². The molecule has 0 amide bonds. The standard InChI is InChI=1S/C13H8F2N2O2/c14-6-4-5-7-12(11(6)15)17-13(16-7)10-8(18)2-1-3-9(10)19/h1-5,18-19H,(H,16,17). The molecule has 0 saturated carbocycles. The number of aromatic hydroxyl groups is 2. The summed E-state index contributed by atoms with van der Waals surface area (Å²) in [6.45, 7) is 0. The molecule has 6 heteroatoms. The van der Waals surface area contributed by atoms with Crippen molar-refractivity contribution in [1.82, 2.24) is 9.97 Å². The van der Waals surface area contributed by atoms with Crippen molar-refractivity contribution >= 4 is 11.0 Å². The molecule has 0 fully saturated rings. The highest BCUT2D eigenvalue weighted by Crippen LogP contribution is 2.36. The zero-order valence-corrected chi connectivity index (χ0v) is 9.48. The maximum absolute atomic E-state index is 13.5. The Kier molecular flexibility index (Phi) is 2.38. The Morgan fingerprint density at radius 3 is 2.37 bits per heavy atom. The molecule has 0 unspecified atom stereocenters. The number of phenolic OH excluding ortho intramolecular Hbond substituents is 2. The molecular formula is C13H8F2N2O2. The number of nitrogens with one attached hydrogen (secondary N) is 1. The average molecular weight is 262 g/mol. The van der Waals surface area contributed by atoms with Crippen LogP contribution in [0.4, 0.5) is 8.78 Å². The number of fused-ring (bicyclic) bond motifs is 1. The van der Waals surface area contributed by atoms with Crippen LogP contribution in [0.5, 0.6) is 11.5 Å². The summed E-state index contributed by atoms with van der Waals surface area (Å²) in [4.78, 5) is 6.60. The third-order valence-electron chi connectivity index (χ3n) is 2.80. The van der Waals surface area contributed by atoms with Crippen LogP contribution in [-0.2, 0) is 0 Å². The molecule has 0 aliphatic carbocycles. The molecular weight excluding hydrogens is 254 g/mol. The van der Waals surface area contributed by atoms with Crippen molar-refractivity contribution in [2.75, 3.05) is 0 Å². The number of H-pyrrole nitrogens is 1. The third-order valence-corrected chi connectivity index (χ3v) is 2.80. The van der Waals surface area contributed by atoms with Crippen LogP contribution in [0.1, 0.15) is 0 Å². The van der Waals surface area contributed by atoms with E-state index in [2.05, 4.69) is 9.97 Å². The maximum atomic E-state index is 13.5. The number of hydrogen-bond donors (Lipinski definition) is 3. The number of hydrogen-bond acceptors (Lipinski definition) is 3. The predicted octanol–water partition coefficient (Wildman–Crippen LogP) is 2.92. The van der Waals surface area contributed by atoms with Gasteiger partial charge in [-0.15, -0.1) is 0 Å². The molecule has 3 rings (SSSR count). The highest BCUT2D eigenvalue weighted by atomic mass is 19.2. The first-order valence-electron chi connectivity index (χ1n) is 5.43. The lowest BCUT2D eigenvalue weighted by atomic mass is 10.1. The van der Waals surface area contributed by atoms with Crippen LogP contribution in [-0.4, -0.2) is 20.2 Å².